The number of aromatic nitrogens is 3. The van der Waals surface area contributed by atoms with E-state index in [1.54, 1.807) is 13.2 Å². The van der Waals surface area contributed by atoms with Gasteiger partial charge in [0.1, 0.15) is 0 Å². The number of carbonyl (C=O) groups is 1. The van der Waals surface area contributed by atoms with Crippen LogP contribution in [0.4, 0.5) is 0 Å². The Bertz CT molecular complexity index is 298. The second kappa shape index (κ2) is 4.23. The molecule has 0 aliphatic heterocycles. The minimum absolute atomic E-state index is 0.0591. The predicted octanol–water partition coefficient (Wildman–Crippen LogP) is 0.172. The molecule has 1 heterocycles. The maximum absolute atomic E-state index is 11.3. The summed E-state index contributed by atoms with van der Waals surface area (Å²) in [6.07, 6.45) is 1.55. The van der Waals surface area contributed by atoms with Gasteiger partial charge in [-0.05, 0) is 6.92 Å². The summed E-state index contributed by atoms with van der Waals surface area (Å²) in [6, 6.07) is -0.0591. The van der Waals surface area contributed by atoms with Crippen molar-refractivity contribution < 1.29 is 4.79 Å². The summed E-state index contributed by atoms with van der Waals surface area (Å²) in [5.74, 6) is 0.132. The molecule has 0 fully saturated rings. The van der Waals surface area contributed by atoms with Crippen LogP contribution in [0.2, 0.25) is 0 Å². The number of amides is 1. The van der Waals surface area contributed by atoms with Crippen LogP contribution in [0.15, 0.2) is 6.20 Å². The van der Waals surface area contributed by atoms with Gasteiger partial charge in [-0.2, -0.15) is 0 Å². The number of nitrogens with one attached hydrogen (secondary N) is 1. The average molecular weight is 203 g/mol. The van der Waals surface area contributed by atoms with Gasteiger partial charge in [0.05, 0.1) is 6.20 Å². The predicted molar refractivity (Wildman–Crippen MR) is 48.7 cm³/mol. The SMILES string of the molecule is CC(CCl)NC(=O)c1cn(C)nn1. The molecule has 0 saturated heterocycles. The molecule has 72 valence electrons. The lowest BCUT2D eigenvalue weighted by molar-refractivity contribution is 0.0938. The summed E-state index contributed by atoms with van der Waals surface area (Å²) in [4.78, 5) is 11.3. The lowest BCUT2D eigenvalue weighted by Crippen LogP contribution is -2.33. The van der Waals surface area contributed by atoms with Gasteiger partial charge in [-0.25, -0.2) is 0 Å². The molecule has 13 heavy (non-hydrogen) atoms. The summed E-state index contributed by atoms with van der Waals surface area (Å²) >= 11 is 5.53. The number of halogens is 1. The molecule has 1 amide bonds. The summed E-state index contributed by atoms with van der Waals surface area (Å²) in [6.45, 7) is 1.82. The summed E-state index contributed by atoms with van der Waals surface area (Å²) in [7, 11) is 1.70. The van der Waals surface area contributed by atoms with Gasteiger partial charge in [-0.15, -0.1) is 16.7 Å². The molecule has 1 aromatic rings. The second-order valence-corrected chi connectivity index (χ2v) is 3.11. The first-order valence-corrected chi connectivity index (χ1v) is 4.40. The molecular formula is C7H11ClN4O. The van der Waals surface area contributed by atoms with Crippen LogP contribution in [0.1, 0.15) is 17.4 Å². The number of alkyl halides is 1. The Morgan fingerprint density at radius 3 is 3.00 bits per heavy atom. The monoisotopic (exact) mass is 202 g/mol. The van der Waals surface area contributed by atoms with E-state index in [0.717, 1.165) is 0 Å². The zero-order valence-corrected chi connectivity index (χ0v) is 8.25. The Labute approximate surface area is 81.1 Å². The van der Waals surface area contributed by atoms with Crippen LogP contribution in [0, 0.1) is 0 Å². The number of hydrogen-bond acceptors (Lipinski definition) is 3. The van der Waals surface area contributed by atoms with Gasteiger partial charge in [-0.1, -0.05) is 5.21 Å². The van der Waals surface area contributed by atoms with Gasteiger partial charge in [0.2, 0.25) is 0 Å². The Hall–Kier alpha value is -1.10. The molecule has 0 aliphatic carbocycles. The van der Waals surface area contributed by atoms with E-state index in [1.807, 2.05) is 6.92 Å². The number of nitrogens with zero attached hydrogens (tertiary/aromatic N) is 3. The minimum atomic E-state index is -0.249. The van der Waals surface area contributed by atoms with Crippen molar-refractivity contribution in [3.63, 3.8) is 0 Å². The summed E-state index contributed by atoms with van der Waals surface area (Å²) < 4.78 is 1.47. The van der Waals surface area contributed by atoms with Crippen LogP contribution < -0.4 is 5.32 Å². The molecule has 1 unspecified atom stereocenters. The highest BCUT2D eigenvalue weighted by Gasteiger charge is 2.11. The smallest absolute Gasteiger partial charge is 0.273 e. The maximum atomic E-state index is 11.3. The lowest BCUT2D eigenvalue weighted by Gasteiger charge is -2.07. The third kappa shape index (κ3) is 2.69. The molecule has 0 aliphatic rings. The zero-order valence-electron chi connectivity index (χ0n) is 7.49. The molecule has 1 aromatic heterocycles. The van der Waals surface area contributed by atoms with Crippen molar-refractivity contribution in [2.45, 2.75) is 13.0 Å². The van der Waals surface area contributed by atoms with Crippen LogP contribution in [0.3, 0.4) is 0 Å². The molecule has 5 nitrogen and oxygen atoms in total. The third-order valence-electron chi connectivity index (χ3n) is 1.44. The highest BCUT2D eigenvalue weighted by atomic mass is 35.5. The number of aryl methyl sites for hydroxylation is 1. The summed E-state index contributed by atoms with van der Waals surface area (Å²) in [5, 5.41) is 9.98. The molecule has 0 saturated carbocycles. The lowest BCUT2D eigenvalue weighted by atomic mass is 10.3. The number of carbonyl (C=O) groups excluding carboxylic acids is 1. The molecule has 0 aromatic carbocycles. The maximum Gasteiger partial charge on any atom is 0.273 e. The van der Waals surface area contributed by atoms with Gasteiger partial charge in [0, 0.05) is 19.0 Å². The van der Waals surface area contributed by atoms with Crippen LogP contribution in [0.25, 0.3) is 0 Å². The van der Waals surface area contributed by atoms with Gasteiger partial charge in [0.25, 0.3) is 5.91 Å². The Morgan fingerprint density at radius 1 is 1.85 bits per heavy atom. The average Bonchev–Trinajstić information content (AvgIpc) is 2.51. The van der Waals surface area contributed by atoms with Gasteiger partial charge >= 0.3 is 0 Å². The molecule has 0 spiro atoms. The van der Waals surface area contributed by atoms with E-state index in [9.17, 15) is 4.79 Å². The molecule has 1 rings (SSSR count). The fraction of sp³-hybridized carbons (Fsp3) is 0.571. The molecule has 0 bridgehead atoms. The van der Waals surface area contributed by atoms with Crippen molar-refractivity contribution in [3.8, 4) is 0 Å². The van der Waals surface area contributed by atoms with Crippen molar-refractivity contribution in [3.05, 3.63) is 11.9 Å². The van der Waals surface area contributed by atoms with Crippen molar-refractivity contribution in [2.24, 2.45) is 7.05 Å². The Morgan fingerprint density at radius 2 is 2.54 bits per heavy atom. The van der Waals surface area contributed by atoms with Crippen LogP contribution in [0.5, 0.6) is 0 Å². The fourth-order valence-electron chi connectivity index (χ4n) is 0.788. The highest BCUT2D eigenvalue weighted by molar-refractivity contribution is 6.18. The van der Waals surface area contributed by atoms with E-state index in [4.69, 9.17) is 11.6 Å². The first-order chi connectivity index (χ1) is 6.13. The van der Waals surface area contributed by atoms with Crippen molar-refractivity contribution >= 4 is 17.5 Å². The first-order valence-electron chi connectivity index (χ1n) is 3.86. The quantitative estimate of drug-likeness (QED) is 0.711. The van der Waals surface area contributed by atoms with Gasteiger partial charge < -0.3 is 5.32 Å². The minimum Gasteiger partial charge on any atom is -0.347 e. The number of hydrogen-bond donors (Lipinski definition) is 1. The van der Waals surface area contributed by atoms with E-state index in [1.165, 1.54) is 4.68 Å². The van der Waals surface area contributed by atoms with E-state index >= 15 is 0 Å². The van der Waals surface area contributed by atoms with Gasteiger partial charge in [0.15, 0.2) is 5.69 Å². The highest BCUT2D eigenvalue weighted by Crippen LogP contribution is 1.93. The van der Waals surface area contributed by atoms with Crippen molar-refractivity contribution in [1.29, 1.82) is 0 Å². The molecule has 1 atom stereocenters. The van der Waals surface area contributed by atoms with Crippen LogP contribution >= 0.6 is 11.6 Å². The Kier molecular flexibility index (Phi) is 3.25. The van der Waals surface area contributed by atoms with Crippen molar-refractivity contribution in [2.75, 3.05) is 5.88 Å². The van der Waals surface area contributed by atoms with E-state index in [2.05, 4.69) is 15.6 Å². The van der Waals surface area contributed by atoms with E-state index < -0.39 is 0 Å². The molecule has 6 heteroatoms. The Balaban J connectivity index is 2.58. The zero-order chi connectivity index (χ0) is 9.84. The topological polar surface area (TPSA) is 59.8 Å². The van der Waals surface area contributed by atoms with E-state index in [0.29, 0.717) is 11.6 Å². The van der Waals surface area contributed by atoms with Crippen LogP contribution in [-0.4, -0.2) is 32.8 Å². The second-order valence-electron chi connectivity index (χ2n) is 2.81. The molecule has 0 radical (unpaired) electrons. The first kappa shape index (κ1) is 9.98. The van der Waals surface area contributed by atoms with Gasteiger partial charge in [-0.3, -0.25) is 9.48 Å². The molecule has 1 N–H and O–H groups in total. The van der Waals surface area contributed by atoms with Crippen LogP contribution in [-0.2, 0) is 7.05 Å². The van der Waals surface area contributed by atoms with E-state index in [-0.39, 0.29) is 11.9 Å². The molecular weight excluding hydrogens is 192 g/mol. The normalized spacial score (nSPS) is 12.5. The van der Waals surface area contributed by atoms with Crippen molar-refractivity contribution in [1.82, 2.24) is 20.3 Å². The standard InChI is InChI=1S/C7H11ClN4O/c1-5(3-8)9-7(13)6-4-12(2)11-10-6/h4-5H,3H2,1-2H3,(H,9,13). The largest absolute Gasteiger partial charge is 0.347 e. The number of rotatable bonds is 3. The summed E-state index contributed by atoms with van der Waals surface area (Å²) in [5.41, 5.74) is 0.305. The third-order valence-corrected chi connectivity index (χ3v) is 1.91. The fourth-order valence-corrected chi connectivity index (χ4v) is 0.865.